The third-order valence-corrected chi connectivity index (χ3v) is 6.17. The second-order valence-electron chi connectivity index (χ2n) is 8.04. The number of rotatable bonds is 5. The number of amides is 1. The van der Waals surface area contributed by atoms with E-state index in [0.717, 1.165) is 17.1 Å². The normalized spacial score (nSPS) is 17.2. The Morgan fingerprint density at radius 2 is 2.12 bits per heavy atom. The molecule has 9 nitrogen and oxygen atoms in total. The molecule has 2 aromatic heterocycles. The van der Waals surface area contributed by atoms with Gasteiger partial charge < -0.3 is 29.0 Å². The van der Waals surface area contributed by atoms with Crippen LogP contribution in [0.25, 0.3) is 0 Å². The SMILES string of the molecule is COc1cc(N2CCOc3ccc(OC4CCN(C(=O)c5ccc(=O)[nH]c5)C4)cc32)cnc1Cl. The van der Waals surface area contributed by atoms with Crippen molar-refractivity contribution >= 4 is 28.9 Å². The summed E-state index contributed by atoms with van der Waals surface area (Å²) in [4.78, 5) is 34.6. The van der Waals surface area contributed by atoms with Crippen LogP contribution in [-0.4, -0.2) is 60.2 Å². The molecule has 1 fully saturated rings. The maximum Gasteiger partial charge on any atom is 0.255 e. The molecule has 1 saturated heterocycles. The van der Waals surface area contributed by atoms with Crippen molar-refractivity contribution < 1.29 is 19.0 Å². The predicted molar refractivity (Wildman–Crippen MR) is 127 cm³/mol. The molecule has 0 spiro atoms. The van der Waals surface area contributed by atoms with Gasteiger partial charge in [0.05, 0.1) is 43.3 Å². The molecule has 2 aliphatic heterocycles. The molecular weight excluding hydrogens is 460 g/mol. The van der Waals surface area contributed by atoms with Crippen molar-refractivity contribution in [2.45, 2.75) is 12.5 Å². The minimum atomic E-state index is -0.238. The predicted octanol–water partition coefficient (Wildman–Crippen LogP) is 3.26. The van der Waals surface area contributed by atoms with E-state index in [1.54, 1.807) is 18.2 Å². The number of ether oxygens (including phenoxy) is 3. The van der Waals surface area contributed by atoms with Crippen LogP contribution in [0.3, 0.4) is 0 Å². The number of aromatic amines is 1. The van der Waals surface area contributed by atoms with Crippen molar-refractivity contribution in [3.8, 4) is 17.2 Å². The molecule has 0 saturated carbocycles. The summed E-state index contributed by atoms with van der Waals surface area (Å²) in [5.74, 6) is 1.80. The molecule has 1 amide bonds. The first-order chi connectivity index (χ1) is 16.5. The Kier molecular flexibility index (Phi) is 6.02. The second kappa shape index (κ2) is 9.26. The van der Waals surface area contributed by atoms with Crippen LogP contribution in [0.15, 0.2) is 53.6 Å². The number of carbonyl (C=O) groups is 1. The summed E-state index contributed by atoms with van der Waals surface area (Å²) < 4.78 is 17.4. The number of benzene rings is 1. The smallest absolute Gasteiger partial charge is 0.255 e. The number of halogens is 1. The van der Waals surface area contributed by atoms with E-state index in [4.69, 9.17) is 25.8 Å². The van der Waals surface area contributed by atoms with Crippen molar-refractivity contribution in [3.05, 3.63) is 69.9 Å². The lowest BCUT2D eigenvalue weighted by Crippen LogP contribution is -2.31. The van der Waals surface area contributed by atoms with Gasteiger partial charge in [0.2, 0.25) is 5.56 Å². The number of hydrogen-bond acceptors (Lipinski definition) is 7. The Balaban J connectivity index is 1.31. The fourth-order valence-electron chi connectivity index (χ4n) is 4.17. The van der Waals surface area contributed by atoms with Gasteiger partial charge in [-0.1, -0.05) is 11.6 Å². The lowest BCUT2D eigenvalue weighted by atomic mass is 10.2. The summed E-state index contributed by atoms with van der Waals surface area (Å²) in [6.07, 6.45) is 3.72. The average molecular weight is 483 g/mol. The van der Waals surface area contributed by atoms with E-state index >= 15 is 0 Å². The maximum absolute atomic E-state index is 12.7. The van der Waals surface area contributed by atoms with Crippen molar-refractivity contribution in [1.29, 1.82) is 0 Å². The van der Waals surface area contributed by atoms with Crippen molar-refractivity contribution in [3.63, 3.8) is 0 Å². The van der Waals surface area contributed by atoms with Gasteiger partial charge in [0.15, 0.2) is 10.9 Å². The number of H-pyrrole nitrogens is 1. The minimum Gasteiger partial charge on any atom is -0.493 e. The highest BCUT2D eigenvalue weighted by Crippen LogP contribution is 2.40. The Morgan fingerprint density at radius 1 is 1.24 bits per heavy atom. The second-order valence-corrected chi connectivity index (χ2v) is 8.40. The Morgan fingerprint density at radius 3 is 2.91 bits per heavy atom. The summed E-state index contributed by atoms with van der Waals surface area (Å²) in [5, 5.41) is 0.305. The van der Waals surface area contributed by atoms with Crippen LogP contribution in [0.1, 0.15) is 16.8 Å². The van der Waals surface area contributed by atoms with E-state index in [0.29, 0.717) is 54.9 Å². The van der Waals surface area contributed by atoms with E-state index in [1.807, 2.05) is 24.3 Å². The van der Waals surface area contributed by atoms with E-state index in [2.05, 4.69) is 14.9 Å². The van der Waals surface area contributed by atoms with E-state index in [1.165, 1.54) is 18.3 Å². The molecular formula is C24H23ClN4O5. The first-order valence-corrected chi connectivity index (χ1v) is 11.3. The lowest BCUT2D eigenvalue weighted by Gasteiger charge is -2.31. The van der Waals surface area contributed by atoms with Gasteiger partial charge in [0.25, 0.3) is 5.91 Å². The van der Waals surface area contributed by atoms with Crippen molar-refractivity contribution in [2.24, 2.45) is 0 Å². The summed E-state index contributed by atoms with van der Waals surface area (Å²) >= 11 is 6.09. The minimum absolute atomic E-state index is 0.128. The number of fused-ring (bicyclic) bond motifs is 1. The van der Waals surface area contributed by atoms with Gasteiger partial charge in [-0.2, -0.15) is 0 Å². The van der Waals surface area contributed by atoms with Gasteiger partial charge in [-0.15, -0.1) is 0 Å². The van der Waals surface area contributed by atoms with E-state index < -0.39 is 0 Å². The van der Waals surface area contributed by atoms with Crippen molar-refractivity contribution in [1.82, 2.24) is 14.9 Å². The molecule has 176 valence electrons. The number of nitrogens with one attached hydrogen (secondary N) is 1. The van der Waals surface area contributed by atoms with Gasteiger partial charge >= 0.3 is 0 Å². The molecule has 10 heteroatoms. The molecule has 4 heterocycles. The monoisotopic (exact) mass is 482 g/mol. The third-order valence-electron chi connectivity index (χ3n) is 5.88. The third kappa shape index (κ3) is 4.38. The van der Waals surface area contributed by atoms with Crippen LogP contribution in [0.2, 0.25) is 5.15 Å². The molecule has 0 radical (unpaired) electrons. The standard InChI is InChI=1S/C24H23ClN4O5/c1-32-21-10-16(13-27-23(21)25)29-8-9-33-20-4-3-17(11-19(20)29)34-18-6-7-28(14-18)24(31)15-2-5-22(30)26-12-15/h2-5,10-13,18H,6-9,14H2,1H3,(H,26,30). The molecule has 34 heavy (non-hydrogen) atoms. The molecule has 3 aromatic rings. The zero-order valence-corrected chi connectivity index (χ0v) is 19.2. The van der Waals surface area contributed by atoms with Crippen LogP contribution >= 0.6 is 11.6 Å². The Labute approximate surface area is 200 Å². The number of anilines is 2. The number of hydrogen-bond donors (Lipinski definition) is 1. The Bertz CT molecular complexity index is 1260. The largest absolute Gasteiger partial charge is 0.493 e. The highest BCUT2D eigenvalue weighted by Gasteiger charge is 2.29. The molecule has 1 N–H and O–H groups in total. The number of aromatic nitrogens is 2. The fourth-order valence-corrected chi connectivity index (χ4v) is 4.36. The highest BCUT2D eigenvalue weighted by molar-refractivity contribution is 6.30. The number of pyridine rings is 2. The van der Waals surface area contributed by atoms with Gasteiger partial charge in [-0.3, -0.25) is 9.59 Å². The first-order valence-electron chi connectivity index (χ1n) is 10.9. The van der Waals surface area contributed by atoms with Gasteiger partial charge in [0.1, 0.15) is 24.2 Å². The molecule has 0 bridgehead atoms. The maximum atomic E-state index is 12.7. The lowest BCUT2D eigenvalue weighted by molar-refractivity contribution is 0.0772. The van der Waals surface area contributed by atoms with Crippen LogP contribution in [-0.2, 0) is 0 Å². The summed E-state index contributed by atoms with van der Waals surface area (Å²) in [5.41, 5.74) is 1.90. The average Bonchev–Trinajstić information content (AvgIpc) is 3.32. The van der Waals surface area contributed by atoms with Gasteiger partial charge in [0, 0.05) is 37.4 Å². The summed E-state index contributed by atoms with van der Waals surface area (Å²) in [6.45, 7) is 2.21. The molecule has 1 aromatic carbocycles. The molecule has 2 aliphatic rings. The highest BCUT2D eigenvalue weighted by atomic mass is 35.5. The molecule has 0 aliphatic carbocycles. The molecule has 1 atom stereocenters. The molecule has 1 unspecified atom stereocenters. The zero-order chi connectivity index (χ0) is 23.7. The number of likely N-dealkylation sites (tertiary alicyclic amines) is 1. The van der Waals surface area contributed by atoms with Crippen LogP contribution in [0.4, 0.5) is 11.4 Å². The van der Waals surface area contributed by atoms with Gasteiger partial charge in [-0.05, 0) is 18.2 Å². The number of nitrogens with zero attached hydrogens (tertiary/aromatic N) is 3. The van der Waals surface area contributed by atoms with E-state index in [9.17, 15) is 9.59 Å². The quantitative estimate of drug-likeness (QED) is 0.557. The zero-order valence-electron chi connectivity index (χ0n) is 18.5. The summed E-state index contributed by atoms with van der Waals surface area (Å²) in [6, 6.07) is 10.4. The van der Waals surface area contributed by atoms with Crippen LogP contribution in [0, 0.1) is 0 Å². The number of carbonyl (C=O) groups excluding carboxylic acids is 1. The molecule has 5 rings (SSSR count). The summed E-state index contributed by atoms with van der Waals surface area (Å²) in [7, 11) is 1.55. The fraction of sp³-hybridized carbons (Fsp3) is 0.292. The van der Waals surface area contributed by atoms with E-state index in [-0.39, 0.29) is 17.6 Å². The topological polar surface area (TPSA) is 97.0 Å². The van der Waals surface area contributed by atoms with Crippen molar-refractivity contribution in [2.75, 3.05) is 38.3 Å². The van der Waals surface area contributed by atoms with Gasteiger partial charge in [-0.25, -0.2) is 4.98 Å². The Hall–Kier alpha value is -3.72. The first kappa shape index (κ1) is 22.1. The van der Waals surface area contributed by atoms with Crippen LogP contribution < -0.4 is 24.7 Å². The number of methoxy groups -OCH3 is 1. The van der Waals surface area contributed by atoms with Crippen LogP contribution in [0.5, 0.6) is 17.2 Å².